The van der Waals surface area contributed by atoms with Crippen molar-refractivity contribution in [3.63, 3.8) is 0 Å². The fourth-order valence-corrected chi connectivity index (χ4v) is 3.18. The van der Waals surface area contributed by atoms with Gasteiger partial charge in [0.2, 0.25) is 0 Å². The third-order valence-electron chi connectivity index (χ3n) is 4.99. The Morgan fingerprint density at radius 3 is 2.53 bits per heavy atom. The molecule has 4 unspecified atom stereocenters. The third kappa shape index (κ3) is 4.73. The molecule has 114 valence electrons. The quantitative estimate of drug-likeness (QED) is 0.771. The van der Waals surface area contributed by atoms with E-state index in [1.807, 2.05) is 7.05 Å². The Bertz CT molecular complexity index is 255. The fourth-order valence-electron chi connectivity index (χ4n) is 3.18. The van der Waals surface area contributed by atoms with E-state index < -0.39 is 0 Å². The SMILES string of the molecule is CCC(C)(C)C1CCC(NC)C(OC(C)COC)C1. The van der Waals surface area contributed by atoms with E-state index in [1.54, 1.807) is 7.11 Å². The predicted molar refractivity (Wildman–Crippen MR) is 80.5 cm³/mol. The molecule has 0 aromatic carbocycles. The molecular weight excluding hydrogens is 238 g/mol. The smallest absolute Gasteiger partial charge is 0.0784 e. The first-order valence-electron chi connectivity index (χ1n) is 7.76. The normalized spacial score (nSPS) is 30.3. The van der Waals surface area contributed by atoms with Gasteiger partial charge in [-0.25, -0.2) is 0 Å². The van der Waals surface area contributed by atoms with E-state index in [2.05, 4.69) is 33.0 Å². The van der Waals surface area contributed by atoms with Gasteiger partial charge in [0, 0.05) is 13.2 Å². The summed E-state index contributed by atoms with van der Waals surface area (Å²) >= 11 is 0. The van der Waals surface area contributed by atoms with Crippen LogP contribution in [0.2, 0.25) is 0 Å². The molecule has 0 saturated heterocycles. The Morgan fingerprint density at radius 2 is 2.00 bits per heavy atom. The Kier molecular flexibility index (Phi) is 6.78. The molecule has 1 aliphatic rings. The van der Waals surface area contributed by atoms with E-state index in [0.29, 0.717) is 24.2 Å². The van der Waals surface area contributed by atoms with Crippen LogP contribution < -0.4 is 5.32 Å². The molecule has 3 heteroatoms. The van der Waals surface area contributed by atoms with Crippen LogP contribution in [0.15, 0.2) is 0 Å². The van der Waals surface area contributed by atoms with Crippen LogP contribution >= 0.6 is 0 Å². The Labute approximate surface area is 119 Å². The van der Waals surface area contributed by atoms with Gasteiger partial charge in [0.15, 0.2) is 0 Å². The minimum atomic E-state index is 0.175. The molecule has 3 nitrogen and oxygen atoms in total. The lowest BCUT2D eigenvalue weighted by atomic mass is 9.68. The molecule has 0 amide bonds. The molecule has 0 aromatic heterocycles. The summed E-state index contributed by atoms with van der Waals surface area (Å²) in [5.74, 6) is 0.766. The molecule has 0 spiro atoms. The van der Waals surface area contributed by atoms with Gasteiger partial charge in [-0.3, -0.25) is 0 Å². The highest BCUT2D eigenvalue weighted by molar-refractivity contribution is 4.90. The van der Waals surface area contributed by atoms with Gasteiger partial charge in [-0.1, -0.05) is 27.2 Å². The zero-order valence-corrected chi connectivity index (χ0v) is 13.7. The van der Waals surface area contributed by atoms with Crippen LogP contribution in [0.4, 0.5) is 0 Å². The van der Waals surface area contributed by atoms with Crippen LogP contribution in [-0.2, 0) is 9.47 Å². The molecule has 0 bridgehead atoms. The van der Waals surface area contributed by atoms with Gasteiger partial charge in [0.1, 0.15) is 0 Å². The maximum atomic E-state index is 6.22. The molecule has 1 N–H and O–H groups in total. The number of hydrogen-bond acceptors (Lipinski definition) is 3. The largest absolute Gasteiger partial charge is 0.382 e. The standard InChI is InChI=1S/C16H33NO2/c1-7-16(3,4)13-8-9-14(17-5)15(10-13)19-12(2)11-18-6/h12-15,17H,7-11H2,1-6H3. The van der Waals surface area contributed by atoms with Gasteiger partial charge in [-0.2, -0.15) is 0 Å². The molecule has 19 heavy (non-hydrogen) atoms. The van der Waals surface area contributed by atoms with Crippen LogP contribution in [0.3, 0.4) is 0 Å². The van der Waals surface area contributed by atoms with Gasteiger partial charge in [-0.15, -0.1) is 0 Å². The van der Waals surface area contributed by atoms with Crippen LogP contribution in [0, 0.1) is 11.3 Å². The van der Waals surface area contributed by atoms with Crippen molar-refractivity contribution in [2.75, 3.05) is 20.8 Å². The van der Waals surface area contributed by atoms with Gasteiger partial charge in [0.05, 0.1) is 18.8 Å². The Morgan fingerprint density at radius 1 is 1.32 bits per heavy atom. The average Bonchev–Trinajstić information content (AvgIpc) is 2.38. The van der Waals surface area contributed by atoms with Crippen LogP contribution in [0.5, 0.6) is 0 Å². The van der Waals surface area contributed by atoms with Crippen molar-refractivity contribution in [1.82, 2.24) is 5.32 Å². The second-order valence-corrected chi connectivity index (χ2v) is 6.69. The van der Waals surface area contributed by atoms with Crippen molar-refractivity contribution in [2.24, 2.45) is 11.3 Å². The fraction of sp³-hybridized carbons (Fsp3) is 1.00. The van der Waals surface area contributed by atoms with Crippen molar-refractivity contribution in [3.05, 3.63) is 0 Å². The molecule has 0 aliphatic heterocycles. The minimum Gasteiger partial charge on any atom is -0.382 e. The van der Waals surface area contributed by atoms with E-state index in [9.17, 15) is 0 Å². The predicted octanol–water partition coefficient (Wildman–Crippen LogP) is 3.23. The van der Waals surface area contributed by atoms with E-state index in [4.69, 9.17) is 9.47 Å². The van der Waals surface area contributed by atoms with Gasteiger partial charge < -0.3 is 14.8 Å². The Hall–Kier alpha value is -0.120. The van der Waals surface area contributed by atoms with Crippen molar-refractivity contribution in [1.29, 1.82) is 0 Å². The average molecular weight is 271 g/mol. The summed E-state index contributed by atoms with van der Waals surface area (Å²) in [6.07, 6.45) is 5.43. The molecule has 0 radical (unpaired) electrons. The third-order valence-corrected chi connectivity index (χ3v) is 4.99. The number of nitrogens with one attached hydrogen (secondary N) is 1. The summed E-state index contributed by atoms with van der Waals surface area (Å²) in [5, 5.41) is 3.43. The first-order valence-corrected chi connectivity index (χ1v) is 7.76. The van der Waals surface area contributed by atoms with E-state index in [-0.39, 0.29) is 6.10 Å². The maximum absolute atomic E-state index is 6.22. The highest BCUT2D eigenvalue weighted by Crippen LogP contribution is 2.41. The van der Waals surface area contributed by atoms with Crippen molar-refractivity contribution in [2.45, 2.75) is 71.6 Å². The lowest BCUT2D eigenvalue weighted by Crippen LogP contribution is -2.48. The minimum absolute atomic E-state index is 0.175. The summed E-state index contributed by atoms with van der Waals surface area (Å²) in [7, 11) is 3.78. The van der Waals surface area contributed by atoms with Crippen LogP contribution in [0.25, 0.3) is 0 Å². The first-order chi connectivity index (χ1) is 8.94. The maximum Gasteiger partial charge on any atom is 0.0784 e. The van der Waals surface area contributed by atoms with E-state index in [0.717, 1.165) is 5.92 Å². The topological polar surface area (TPSA) is 30.5 Å². The van der Waals surface area contributed by atoms with E-state index >= 15 is 0 Å². The molecule has 1 fully saturated rings. The highest BCUT2D eigenvalue weighted by Gasteiger charge is 2.37. The highest BCUT2D eigenvalue weighted by atomic mass is 16.5. The summed E-state index contributed by atoms with van der Waals surface area (Å²) in [6.45, 7) is 9.87. The van der Waals surface area contributed by atoms with Crippen LogP contribution in [-0.4, -0.2) is 39.0 Å². The second-order valence-electron chi connectivity index (χ2n) is 6.69. The molecular formula is C16H33NO2. The molecule has 1 saturated carbocycles. The summed E-state index contributed by atoms with van der Waals surface area (Å²) < 4.78 is 11.4. The molecule has 0 aromatic rings. The number of hydrogen-bond donors (Lipinski definition) is 1. The number of likely N-dealkylation sites (N-methyl/N-ethyl adjacent to an activating group) is 1. The van der Waals surface area contributed by atoms with Gasteiger partial charge in [0.25, 0.3) is 0 Å². The number of methoxy groups -OCH3 is 1. The number of ether oxygens (including phenoxy) is 2. The second kappa shape index (κ2) is 7.61. The van der Waals surface area contributed by atoms with Gasteiger partial charge >= 0.3 is 0 Å². The lowest BCUT2D eigenvalue weighted by molar-refractivity contribution is -0.0833. The zero-order chi connectivity index (χ0) is 14.5. The van der Waals surface area contributed by atoms with Crippen LogP contribution in [0.1, 0.15) is 53.4 Å². The molecule has 0 heterocycles. The summed E-state index contributed by atoms with van der Waals surface area (Å²) in [4.78, 5) is 0. The van der Waals surface area contributed by atoms with Crippen molar-refractivity contribution >= 4 is 0 Å². The molecule has 1 aliphatic carbocycles. The van der Waals surface area contributed by atoms with Crippen molar-refractivity contribution in [3.8, 4) is 0 Å². The monoisotopic (exact) mass is 271 g/mol. The molecule has 1 rings (SSSR count). The van der Waals surface area contributed by atoms with Gasteiger partial charge in [-0.05, 0) is 44.6 Å². The Balaban J connectivity index is 2.63. The first kappa shape index (κ1) is 16.9. The number of rotatable bonds is 7. The van der Waals surface area contributed by atoms with Crippen molar-refractivity contribution < 1.29 is 9.47 Å². The zero-order valence-electron chi connectivity index (χ0n) is 13.7. The van der Waals surface area contributed by atoms with E-state index in [1.165, 1.54) is 25.7 Å². The summed E-state index contributed by atoms with van der Waals surface area (Å²) in [5.41, 5.74) is 0.421. The lowest BCUT2D eigenvalue weighted by Gasteiger charge is -2.43. The summed E-state index contributed by atoms with van der Waals surface area (Å²) in [6, 6.07) is 0.489. The molecule has 4 atom stereocenters.